The Balaban J connectivity index is 1.14. The lowest BCUT2D eigenvalue weighted by molar-refractivity contribution is -0.356. The van der Waals surface area contributed by atoms with E-state index in [9.17, 15) is 5.11 Å². The fraction of sp³-hybridized carbons (Fsp3) is 0.345. The summed E-state index contributed by atoms with van der Waals surface area (Å²) in [6.07, 6.45) is -4.90. The van der Waals surface area contributed by atoms with E-state index < -0.39 is 60.6 Å². The van der Waals surface area contributed by atoms with E-state index in [0.29, 0.717) is 13.2 Å². The van der Waals surface area contributed by atoms with Gasteiger partial charge in [-0.3, -0.25) is 0 Å². The maximum atomic E-state index is 11.1. The van der Waals surface area contributed by atoms with E-state index in [-0.39, 0.29) is 39.6 Å². The van der Waals surface area contributed by atoms with Crippen LogP contribution >= 0.6 is 11.8 Å². The summed E-state index contributed by atoms with van der Waals surface area (Å²) in [5.41, 5.74) is 5.40. The van der Waals surface area contributed by atoms with E-state index in [2.05, 4.69) is 0 Å². The monoisotopic (exact) mass is 912 g/mol. The number of benzene rings is 6. The van der Waals surface area contributed by atoms with Crippen LogP contribution < -0.4 is 0 Å². The molecule has 2 heterocycles. The van der Waals surface area contributed by atoms with Gasteiger partial charge >= 0.3 is 0 Å². The number of hydrogen-bond acceptors (Lipinski definition) is 11. The molecule has 0 saturated carbocycles. The zero-order valence-corrected chi connectivity index (χ0v) is 38.1. The molecule has 2 aliphatic heterocycles. The van der Waals surface area contributed by atoms with Crippen LogP contribution in [0.15, 0.2) is 182 Å². The van der Waals surface area contributed by atoms with Crippen LogP contribution in [0.3, 0.4) is 0 Å². The van der Waals surface area contributed by atoms with Crippen LogP contribution in [0.5, 0.6) is 0 Å². The second-order valence-electron chi connectivity index (χ2n) is 16.4. The summed E-state index contributed by atoms with van der Waals surface area (Å²) in [4.78, 5) is 0. The number of thioether (sulfide) groups is 1. The highest BCUT2D eigenvalue weighted by atomic mass is 32.2. The molecule has 0 radical (unpaired) electrons. The molecule has 6 aromatic rings. The number of hydrogen-bond donors (Lipinski definition) is 1. The molecule has 346 valence electrons. The first-order valence-electron chi connectivity index (χ1n) is 22.6. The van der Waals surface area contributed by atoms with Crippen LogP contribution in [0.1, 0.15) is 33.4 Å². The summed E-state index contributed by atoms with van der Waals surface area (Å²) in [7, 11) is 0. The molecule has 2 aliphatic rings. The predicted molar refractivity (Wildman–Crippen MR) is 254 cm³/mol. The second-order valence-corrected chi connectivity index (χ2v) is 17.3. The molecule has 0 aromatic heterocycles. The fourth-order valence-corrected chi connectivity index (χ4v) is 9.04. The lowest BCUT2D eigenvalue weighted by Gasteiger charge is -2.50. The summed E-state index contributed by atoms with van der Waals surface area (Å²) >= 11 is 1.51. The Morgan fingerprint density at radius 1 is 0.394 bits per heavy atom. The molecule has 11 heteroatoms. The summed E-state index contributed by atoms with van der Waals surface area (Å²) in [5, 5.41) is 11.1. The van der Waals surface area contributed by atoms with Gasteiger partial charge in [0.2, 0.25) is 0 Å². The average Bonchev–Trinajstić information content (AvgIpc) is 3.38. The molecular weight excluding hydrogens is 853 g/mol. The summed E-state index contributed by atoms with van der Waals surface area (Å²) < 4.78 is 61.9. The zero-order valence-electron chi connectivity index (χ0n) is 37.3. The van der Waals surface area contributed by atoms with Crippen LogP contribution in [0.4, 0.5) is 0 Å². The molecule has 2 fully saturated rings. The van der Waals surface area contributed by atoms with Gasteiger partial charge in [0.1, 0.15) is 54.3 Å². The molecular formula is C55H60O10S. The van der Waals surface area contributed by atoms with Crippen molar-refractivity contribution in [1.82, 2.24) is 0 Å². The second kappa shape index (κ2) is 25.4. The third-order valence-electron chi connectivity index (χ3n) is 11.7. The van der Waals surface area contributed by atoms with Gasteiger partial charge in [0.05, 0.1) is 52.9 Å². The first-order valence-corrected chi connectivity index (χ1v) is 23.9. The zero-order chi connectivity index (χ0) is 45.2. The van der Waals surface area contributed by atoms with Crippen molar-refractivity contribution in [2.24, 2.45) is 0 Å². The molecule has 10 atom stereocenters. The van der Waals surface area contributed by atoms with Crippen LogP contribution in [0, 0.1) is 0 Å². The topological polar surface area (TPSA) is 103 Å². The number of rotatable bonds is 23. The van der Waals surface area contributed by atoms with E-state index in [4.69, 9.17) is 42.6 Å². The van der Waals surface area contributed by atoms with E-state index in [0.717, 1.165) is 33.4 Å². The number of ether oxygens (including phenoxy) is 9. The minimum absolute atomic E-state index is 0.236. The van der Waals surface area contributed by atoms with Gasteiger partial charge in [0.15, 0.2) is 6.29 Å². The average molecular weight is 913 g/mol. The van der Waals surface area contributed by atoms with Crippen molar-refractivity contribution >= 4 is 11.8 Å². The molecule has 6 aromatic carbocycles. The summed E-state index contributed by atoms with van der Waals surface area (Å²) in [5.74, 6) is 0. The molecule has 8 rings (SSSR count). The van der Waals surface area contributed by atoms with Crippen molar-refractivity contribution in [3.05, 3.63) is 215 Å². The van der Waals surface area contributed by atoms with E-state index in [1.54, 1.807) is 0 Å². The van der Waals surface area contributed by atoms with Gasteiger partial charge in [-0.15, -0.1) is 11.8 Å². The minimum Gasteiger partial charge on any atom is -0.394 e. The van der Waals surface area contributed by atoms with Gasteiger partial charge in [0.25, 0.3) is 0 Å². The first-order chi connectivity index (χ1) is 32.6. The number of aliphatic hydroxyl groups is 1. The van der Waals surface area contributed by atoms with E-state index in [1.807, 2.05) is 188 Å². The molecule has 66 heavy (non-hydrogen) atoms. The van der Waals surface area contributed by atoms with E-state index in [1.165, 1.54) is 11.8 Å². The van der Waals surface area contributed by atoms with Crippen LogP contribution in [-0.4, -0.2) is 85.1 Å². The van der Waals surface area contributed by atoms with Gasteiger partial charge in [-0.2, -0.15) is 0 Å². The third-order valence-corrected chi connectivity index (χ3v) is 12.5. The Kier molecular flexibility index (Phi) is 18.4. The maximum absolute atomic E-state index is 11.1. The van der Waals surface area contributed by atoms with Gasteiger partial charge < -0.3 is 47.7 Å². The first kappa shape index (κ1) is 47.8. The van der Waals surface area contributed by atoms with Gasteiger partial charge in [0, 0.05) is 0 Å². The highest BCUT2D eigenvalue weighted by Crippen LogP contribution is 2.38. The summed E-state index contributed by atoms with van der Waals surface area (Å²) in [6.45, 7) is 1.64. The lowest BCUT2D eigenvalue weighted by Crippen LogP contribution is -2.65. The van der Waals surface area contributed by atoms with Crippen molar-refractivity contribution in [3.63, 3.8) is 0 Å². The van der Waals surface area contributed by atoms with Crippen molar-refractivity contribution in [1.29, 1.82) is 0 Å². The molecule has 10 nitrogen and oxygen atoms in total. The fourth-order valence-electron chi connectivity index (χ4n) is 8.30. The Hall–Kier alpha value is -4.73. The highest BCUT2D eigenvalue weighted by Gasteiger charge is 2.54. The molecule has 1 N–H and O–H groups in total. The Morgan fingerprint density at radius 2 is 0.727 bits per heavy atom. The predicted octanol–water partition coefficient (Wildman–Crippen LogP) is 9.32. The maximum Gasteiger partial charge on any atom is 0.187 e. The molecule has 0 aliphatic carbocycles. The largest absolute Gasteiger partial charge is 0.394 e. The van der Waals surface area contributed by atoms with Crippen LogP contribution in [-0.2, 0) is 82.3 Å². The standard InChI is InChI=1S/C55H60O10S/c1-66-55-53(51(61-37-44-28-16-6-17-29-44)49(59-35-42-24-12-4-13-25-42)47(64-55)39-57-33-40-20-8-2-9-21-40)65-54-52(62-38-45-30-18-7-19-31-45)50(60-36-43-26-14-5-15-27-43)48(46(32-56)63-54)58-34-41-22-10-3-11-23-41/h2-31,46-56H,32-39H2,1H3/t46?,47?,48-,49-,50+,51-,52?,53?,54-,55-/m1/s1. The number of aliphatic hydroxyl groups excluding tert-OH is 1. The molecule has 0 amide bonds. The quantitative estimate of drug-likeness (QED) is 0.0666. The van der Waals surface area contributed by atoms with Crippen molar-refractivity contribution in [2.75, 3.05) is 19.5 Å². The van der Waals surface area contributed by atoms with E-state index >= 15 is 0 Å². The van der Waals surface area contributed by atoms with Crippen molar-refractivity contribution < 1.29 is 47.7 Å². The van der Waals surface area contributed by atoms with Crippen LogP contribution in [0.25, 0.3) is 0 Å². The highest BCUT2D eigenvalue weighted by molar-refractivity contribution is 7.99. The Morgan fingerprint density at radius 3 is 1.11 bits per heavy atom. The summed E-state index contributed by atoms with van der Waals surface area (Å²) in [6, 6.07) is 60.0. The van der Waals surface area contributed by atoms with Gasteiger partial charge in [-0.05, 0) is 39.6 Å². The molecule has 0 spiro atoms. The minimum atomic E-state index is -1.07. The smallest absolute Gasteiger partial charge is 0.187 e. The van der Waals surface area contributed by atoms with Gasteiger partial charge in [-0.1, -0.05) is 182 Å². The van der Waals surface area contributed by atoms with Crippen molar-refractivity contribution in [2.45, 2.75) is 100 Å². The molecule has 0 bridgehead atoms. The van der Waals surface area contributed by atoms with Crippen LogP contribution in [0.2, 0.25) is 0 Å². The Bertz CT molecular complexity index is 2230. The Labute approximate surface area is 393 Å². The molecule has 4 unspecified atom stereocenters. The lowest BCUT2D eigenvalue weighted by atomic mass is 9.96. The molecule has 2 saturated heterocycles. The van der Waals surface area contributed by atoms with Gasteiger partial charge in [-0.25, -0.2) is 0 Å². The normalized spacial score (nSPS) is 25.4. The SMILES string of the molecule is CS[C@H]1OC(COCc2ccccc2)[C@@H](OCc2ccccc2)[C@@H](OCc2ccccc2)C1O[C@H]1OC(CO)[C@@H](OCc2ccccc2)[C@H](OCc2ccccc2)C1OCc1ccccc1. The third kappa shape index (κ3) is 13.5. The van der Waals surface area contributed by atoms with Crippen molar-refractivity contribution in [3.8, 4) is 0 Å².